The molecule has 2 aromatic heterocycles. The SMILES string of the molecule is CCOC(=O)c1[nH]c(C)c(C(=O)CN(Cc2ccccn2)C(=O)COC)c1C. The number of aromatic amines is 1. The molecule has 28 heavy (non-hydrogen) atoms. The first kappa shape index (κ1) is 21.3. The van der Waals surface area contributed by atoms with E-state index in [4.69, 9.17) is 9.47 Å². The summed E-state index contributed by atoms with van der Waals surface area (Å²) in [6, 6.07) is 5.37. The number of amides is 1. The number of pyridine rings is 1. The fourth-order valence-electron chi connectivity index (χ4n) is 2.96. The third-order valence-corrected chi connectivity index (χ3v) is 4.23. The molecule has 2 rings (SSSR count). The normalized spacial score (nSPS) is 10.6. The zero-order chi connectivity index (χ0) is 20.7. The molecule has 1 N–H and O–H groups in total. The topological polar surface area (TPSA) is 102 Å². The molecule has 1 amide bonds. The highest BCUT2D eigenvalue weighted by Crippen LogP contribution is 2.20. The van der Waals surface area contributed by atoms with Crippen molar-refractivity contribution in [3.63, 3.8) is 0 Å². The van der Waals surface area contributed by atoms with Crippen LogP contribution in [0.5, 0.6) is 0 Å². The molecule has 0 aliphatic rings. The summed E-state index contributed by atoms with van der Waals surface area (Å²) in [6.07, 6.45) is 1.63. The molecule has 0 radical (unpaired) electrons. The number of H-pyrrole nitrogens is 1. The number of carbonyl (C=O) groups is 3. The molecular formula is C20H25N3O5. The Balaban J connectivity index is 2.25. The van der Waals surface area contributed by atoms with E-state index in [2.05, 4.69) is 9.97 Å². The van der Waals surface area contributed by atoms with Gasteiger partial charge in [0.2, 0.25) is 5.91 Å². The minimum atomic E-state index is -0.511. The van der Waals surface area contributed by atoms with Gasteiger partial charge in [-0.3, -0.25) is 14.6 Å². The van der Waals surface area contributed by atoms with Gasteiger partial charge in [-0.25, -0.2) is 4.79 Å². The number of carbonyl (C=O) groups excluding carboxylic acids is 3. The van der Waals surface area contributed by atoms with Crippen LogP contribution in [0.3, 0.4) is 0 Å². The van der Waals surface area contributed by atoms with Gasteiger partial charge in [-0.1, -0.05) is 6.07 Å². The molecule has 8 heteroatoms. The largest absolute Gasteiger partial charge is 0.461 e. The van der Waals surface area contributed by atoms with E-state index >= 15 is 0 Å². The van der Waals surface area contributed by atoms with E-state index in [0.717, 1.165) is 0 Å². The maximum Gasteiger partial charge on any atom is 0.355 e. The standard InChI is InChI=1S/C20H25N3O5/c1-5-28-20(26)19-13(2)18(14(3)22-19)16(24)11-23(17(25)12-27-4)10-15-8-6-7-9-21-15/h6-9,22H,5,10-12H2,1-4H3. The highest BCUT2D eigenvalue weighted by atomic mass is 16.5. The smallest absolute Gasteiger partial charge is 0.355 e. The van der Waals surface area contributed by atoms with Crippen LogP contribution >= 0.6 is 0 Å². The number of aryl methyl sites for hydroxylation is 1. The van der Waals surface area contributed by atoms with Gasteiger partial charge in [0, 0.05) is 24.6 Å². The number of esters is 1. The van der Waals surface area contributed by atoms with Crippen LogP contribution in [0.4, 0.5) is 0 Å². The number of ether oxygens (including phenoxy) is 2. The summed E-state index contributed by atoms with van der Waals surface area (Å²) in [6.45, 7) is 5.24. The Bertz CT molecular complexity index is 845. The van der Waals surface area contributed by atoms with Gasteiger partial charge in [0.05, 0.1) is 25.4 Å². The van der Waals surface area contributed by atoms with Crippen LogP contribution in [0.15, 0.2) is 24.4 Å². The Hall–Kier alpha value is -3.00. The molecule has 0 fully saturated rings. The van der Waals surface area contributed by atoms with Crippen LogP contribution < -0.4 is 0 Å². The Morgan fingerprint density at radius 1 is 1.21 bits per heavy atom. The molecule has 0 bridgehead atoms. The lowest BCUT2D eigenvalue weighted by Gasteiger charge is -2.21. The van der Waals surface area contributed by atoms with E-state index in [1.807, 2.05) is 6.07 Å². The molecule has 0 unspecified atom stereocenters. The third-order valence-electron chi connectivity index (χ3n) is 4.23. The molecule has 0 saturated carbocycles. The van der Waals surface area contributed by atoms with E-state index in [0.29, 0.717) is 22.5 Å². The molecule has 0 aliphatic heterocycles. The van der Waals surface area contributed by atoms with E-state index in [1.165, 1.54) is 12.0 Å². The molecule has 0 aliphatic carbocycles. The van der Waals surface area contributed by atoms with Gasteiger partial charge >= 0.3 is 5.97 Å². The van der Waals surface area contributed by atoms with Gasteiger partial charge < -0.3 is 19.4 Å². The molecule has 0 atom stereocenters. The molecule has 8 nitrogen and oxygen atoms in total. The Morgan fingerprint density at radius 3 is 2.57 bits per heavy atom. The Morgan fingerprint density at radius 2 is 1.96 bits per heavy atom. The van der Waals surface area contributed by atoms with Crippen LogP contribution in [0.25, 0.3) is 0 Å². The summed E-state index contributed by atoms with van der Waals surface area (Å²) < 4.78 is 9.95. The number of hydrogen-bond donors (Lipinski definition) is 1. The minimum absolute atomic E-state index is 0.140. The first-order chi connectivity index (χ1) is 13.4. The summed E-state index contributed by atoms with van der Waals surface area (Å²) in [7, 11) is 1.42. The van der Waals surface area contributed by atoms with Crippen molar-refractivity contribution < 1.29 is 23.9 Å². The quantitative estimate of drug-likeness (QED) is 0.522. The van der Waals surface area contributed by atoms with Crippen molar-refractivity contribution in [3.8, 4) is 0 Å². The van der Waals surface area contributed by atoms with Crippen LogP contribution in [0, 0.1) is 13.8 Å². The van der Waals surface area contributed by atoms with Gasteiger partial charge in [0.1, 0.15) is 12.3 Å². The van der Waals surface area contributed by atoms with Crippen molar-refractivity contribution in [2.45, 2.75) is 27.3 Å². The average molecular weight is 387 g/mol. The van der Waals surface area contributed by atoms with Crippen LogP contribution in [0.1, 0.15) is 44.7 Å². The Labute approximate surface area is 163 Å². The van der Waals surface area contributed by atoms with Crippen LogP contribution in [-0.2, 0) is 20.8 Å². The fourth-order valence-corrected chi connectivity index (χ4v) is 2.96. The Kier molecular flexibility index (Phi) is 7.45. The number of Topliss-reactive ketones (excluding diaryl/α,β-unsaturated/α-hetero) is 1. The summed E-state index contributed by atoms with van der Waals surface area (Å²) in [5, 5.41) is 0. The number of aromatic nitrogens is 2. The minimum Gasteiger partial charge on any atom is -0.461 e. The van der Waals surface area contributed by atoms with Crippen molar-refractivity contribution >= 4 is 17.7 Å². The zero-order valence-electron chi connectivity index (χ0n) is 16.6. The van der Waals surface area contributed by atoms with E-state index in [-0.39, 0.29) is 43.7 Å². The average Bonchev–Trinajstić information content (AvgIpc) is 2.97. The molecule has 0 aromatic carbocycles. The van der Waals surface area contributed by atoms with Gasteiger partial charge in [0.25, 0.3) is 0 Å². The van der Waals surface area contributed by atoms with Crippen LogP contribution in [0.2, 0.25) is 0 Å². The lowest BCUT2D eigenvalue weighted by atomic mass is 10.0. The number of hydrogen-bond acceptors (Lipinski definition) is 6. The maximum absolute atomic E-state index is 13.0. The van der Waals surface area contributed by atoms with E-state index in [9.17, 15) is 14.4 Å². The van der Waals surface area contributed by atoms with Crippen molar-refractivity contribution in [1.29, 1.82) is 0 Å². The number of ketones is 1. The number of nitrogens with one attached hydrogen (secondary N) is 1. The molecule has 2 heterocycles. The van der Waals surface area contributed by atoms with Crippen molar-refractivity contribution in [3.05, 3.63) is 52.6 Å². The second-order valence-corrected chi connectivity index (χ2v) is 6.27. The van der Waals surface area contributed by atoms with E-state index < -0.39 is 5.97 Å². The zero-order valence-corrected chi connectivity index (χ0v) is 16.6. The van der Waals surface area contributed by atoms with Gasteiger partial charge in [0.15, 0.2) is 5.78 Å². The number of methoxy groups -OCH3 is 1. The van der Waals surface area contributed by atoms with Crippen molar-refractivity contribution in [2.24, 2.45) is 0 Å². The highest BCUT2D eigenvalue weighted by Gasteiger charge is 2.25. The fraction of sp³-hybridized carbons (Fsp3) is 0.400. The number of nitrogens with zero attached hydrogens (tertiary/aromatic N) is 2. The van der Waals surface area contributed by atoms with Gasteiger partial charge in [-0.15, -0.1) is 0 Å². The third kappa shape index (κ3) is 5.04. The monoisotopic (exact) mass is 387 g/mol. The molecule has 0 saturated heterocycles. The van der Waals surface area contributed by atoms with Gasteiger partial charge in [-0.2, -0.15) is 0 Å². The second-order valence-electron chi connectivity index (χ2n) is 6.27. The predicted molar refractivity (Wildman–Crippen MR) is 102 cm³/mol. The summed E-state index contributed by atoms with van der Waals surface area (Å²) in [5.41, 5.74) is 2.37. The molecular weight excluding hydrogens is 362 g/mol. The summed E-state index contributed by atoms with van der Waals surface area (Å²) in [4.78, 5) is 46.0. The second kappa shape index (κ2) is 9.80. The maximum atomic E-state index is 13.0. The predicted octanol–water partition coefficient (Wildman–Crippen LogP) is 2.06. The van der Waals surface area contributed by atoms with Crippen LogP contribution in [-0.4, -0.2) is 59.4 Å². The molecule has 150 valence electrons. The summed E-state index contributed by atoms with van der Waals surface area (Å²) in [5.74, 6) is -1.11. The molecule has 2 aromatic rings. The first-order valence-corrected chi connectivity index (χ1v) is 8.95. The van der Waals surface area contributed by atoms with Crippen molar-refractivity contribution in [1.82, 2.24) is 14.9 Å². The van der Waals surface area contributed by atoms with Gasteiger partial charge in [-0.05, 0) is 38.5 Å². The number of rotatable bonds is 9. The lowest BCUT2D eigenvalue weighted by molar-refractivity contribution is -0.135. The lowest BCUT2D eigenvalue weighted by Crippen LogP contribution is -2.38. The highest BCUT2D eigenvalue weighted by molar-refractivity contribution is 6.04. The summed E-state index contributed by atoms with van der Waals surface area (Å²) >= 11 is 0. The molecule has 0 spiro atoms. The first-order valence-electron chi connectivity index (χ1n) is 8.95. The van der Waals surface area contributed by atoms with E-state index in [1.54, 1.807) is 39.1 Å². The van der Waals surface area contributed by atoms with Crippen molar-refractivity contribution in [2.75, 3.05) is 26.9 Å².